The van der Waals surface area contributed by atoms with E-state index < -0.39 is 0 Å². The molecule has 3 heterocycles. The molecule has 4 rings (SSSR count). The number of nitrogens with zero attached hydrogens (tertiary/aromatic N) is 4. The van der Waals surface area contributed by atoms with Crippen LogP contribution in [0.4, 0.5) is 5.69 Å². The number of furan rings is 1. The van der Waals surface area contributed by atoms with Crippen LogP contribution in [0.25, 0.3) is 11.6 Å². The Bertz CT molecular complexity index is 1060. The van der Waals surface area contributed by atoms with Crippen LogP contribution in [0.1, 0.15) is 38.7 Å². The van der Waals surface area contributed by atoms with Gasteiger partial charge in [-0.2, -0.15) is 0 Å². The van der Waals surface area contributed by atoms with E-state index in [1.54, 1.807) is 13.4 Å². The lowest BCUT2D eigenvalue weighted by Gasteiger charge is -2.46. The van der Waals surface area contributed by atoms with Crippen molar-refractivity contribution in [1.29, 1.82) is 0 Å². The van der Waals surface area contributed by atoms with Gasteiger partial charge in [-0.15, -0.1) is 10.2 Å². The van der Waals surface area contributed by atoms with E-state index in [4.69, 9.17) is 9.15 Å². The highest BCUT2D eigenvalue weighted by Gasteiger charge is 2.40. The Morgan fingerprint density at radius 2 is 2.13 bits per heavy atom. The van der Waals surface area contributed by atoms with E-state index in [0.29, 0.717) is 22.7 Å². The zero-order valence-electron chi connectivity index (χ0n) is 17.9. The van der Waals surface area contributed by atoms with Crippen molar-refractivity contribution in [2.45, 2.75) is 43.8 Å². The summed E-state index contributed by atoms with van der Waals surface area (Å²) < 4.78 is 12.7. The van der Waals surface area contributed by atoms with Crippen LogP contribution in [0.5, 0.6) is 5.75 Å². The van der Waals surface area contributed by atoms with Crippen molar-refractivity contribution in [2.75, 3.05) is 17.8 Å². The van der Waals surface area contributed by atoms with E-state index in [-0.39, 0.29) is 17.2 Å². The number of rotatable bonds is 5. The van der Waals surface area contributed by atoms with Crippen LogP contribution in [-0.4, -0.2) is 39.1 Å². The summed E-state index contributed by atoms with van der Waals surface area (Å²) in [6.07, 6.45) is 2.49. The van der Waals surface area contributed by atoms with Crippen molar-refractivity contribution in [3.05, 3.63) is 42.2 Å². The Morgan fingerprint density at radius 3 is 2.83 bits per heavy atom. The second kappa shape index (κ2) is 7.83. The third kappa shape index (κ3) is 3.60. The minimum Gasteiger partial charge on any atom is -0.497 e. The first-order valence-electron chi connectivity index (χ1n) is 9.89. The van der Waals surface area contributed by atoms with E-state index in [1.165, 1.54) is 11.8 Å². The summed E-state index contributed by atoms with van der Waals surface area (Å²) in [7, 11) is 3.54. The number of fused-ring (bicyclic) bond motifs is 1. The van der Waals surface area contributed by atoms with Crippen molar-refractivity contribution in [1.82, 2.24) is 14.8 Å². The summed E-state index contributed by atoms with van der Waals surface area (Å²) in [5, 5.41) is 9.11. The minimum atomic E-state index is -0.280. The second-order valence-electron chi connectivity index (χ2n) is 8.20. The molecule has 1 amide bonds. The highest BCUT2D eigenvalue weighted by Crippen LogP contribution is 2.45. The molecule has 158 valence electrons. The summed E-state index contributed by atoms with van der Waals surface area (Å²) in [5.74, 6) is 2.76. The Balaban J connectivity index is 1.57. The van der Waals surface area contributed by atoms with E-state index in [9.17, 15) is 4.79 Å². The van der Waals surface area contributed by atoms with Crippen molar-refractivity contribution >= 4 is 23.4 Å². The van der Waals surface area contributed by atoms with Crippen molar-refractivity contribution in [3.8, 4) is 17.3 Å². The largest absolute Gasteiger partial charge is 0.497 e. The topological polar surface area (TPSA) is 73.4 Å². The molecule has 0 fully saturated rings. The number of aromatic nitrogens is 3. The number of methoxy groups -OCH3 is 1. The summed E-state index contributed by atoms with van der Waals surface area (Å²) in [4.78, 5) is 15.3. The summed E-state index contributed by atoms with van der Waals surface area (Å²) in [5.41, 5.74) is 1.82. The molecule has 7 nitrogen and oxygen atoms in total. The first kappa shape index (κ1) is 20.5. The number of amides is 1. The van der Waals surface area contributed by atoms with Gasteiger partial charge in [-0.3, -0.25) is 4.79 Å². The lowest BCUT2D eigenvalue weighted by atomic mass is 9.80. The van der Waals surface area contributed by atoms with Gasteiger partial charge < -0.3 is 18.6 Å². The van der Waals surface area contributed by atoms with Gasteiger partial charge in [0, 0.05) is 18.3 Å². The third-order valence-corrected chi connectivity index (χ3v) is 6.57. The first-order chi connectivity index (χ1) is 14.3. The Morgan fingerprint density at radius 1 is 1.33 bits per heavy atom. The van der Waals surface area contributed by atoms with E-state index in [0.717, 1.165) is 23.4 Å². The average molecular weight is 427 g/mol. The molecule has 3 aromatic rings. The molecule has 8 heteroatoms. The third-order valence-electron chi connectivity index (χ3n) is 5.57. The smallest absolute Gasteiger partial charge is 0.237 e. The first-order valence-corrected chi connectivity index (χ1v) is 10.9. The summed E-state index contributed by atoms with van der Waals surface area (Å²) >= 11 is 1.38. The molecule has 1 aliphatic heterocycles. The number of carbonyl (C=O) groups is 1. The fourth-order valence-electron chi connectivity index (χ4n) is 4.26. The molecular formula is C22H26N4O3S. The predicted molar refractivity (Wildman–Crippen MR) is 117 cm³/mol. The molecule has 1 aromatic carbocycles. The number of benzene rings is 1. The van der Waals surface area contributed by atoms with Gasteiger partial charge in [0.25, 0.3) is 0 Å². The van der Waals surface area contributed by atoms with Crippen LogP contribution >= 0.6 is 11.8 Å². The van der Waals surface area contributed by atoms with Gasteiger partial charge in [-0.1, -0.05) is 18.7 Å². The number of carbonyl (C=O) groups excluding carboxylic acids is 1. The van der Waals surface area contributed by atoms with Crippen LogP contribution in [0.3, 0.4) is 0 Å². The average Bonchev–Trinajstić information content (AvgIpc) is 3.35. The van der Waals surface area contributed by atoms with Gasteiger partial charge in [-0.05, 0) is 62.1 Å². The summed E-state index contributed by atoms with van der Waals surface area (Å²) in [6, 6.07) is 9.60. The van der Waals surface area contributed by atoms with Crippen LogP contribution in [0.15, 0.2) is 46.2 Å². The van der Waals surface area contributed by atoms with Gasteiger partial charge in [0.2, 0.25) is 5.91 Å². The molecule has 0 unspecified atom stereocenters. The van der Waals surface area contributed by atoms with E-state index >= 15 is 0 Å². The number of hydrogen-bond acceptors (Lipinski definition) is 6. The molecule has 30 heavy (non-hydrogen) atoms. The summed E-state index contributed by atoms with van der Waals surface area (Å²) in [6.45, 7) is 6.44. The molecular weight excluding hydrogens is 400 g/mol. The monoisotopic (exact) mass is 426 g/mol. The normalized spacial score (nSPS) is 17.6. The molecule has 0 bridgehead atoms. The van der Waals surface area contributed by atoms with Crippen molar-refractivity contribution in [2.24, 2.45) is 7.05 Å². The second-order valence-corrected chi connectivity index (χ2v) is 9.15. The van der Waals surface area contributed by atoms with Crippen LogP contribution < -0.4 is 9.64 Å². The number of hydrogen-bond donors (Lipinski definition) is 0. The zero-order chi connectivity index (χ0) is 21.5. The fraction of sp³-hybridized carbons (Fsp3) is 0.409. The van der Waals surface area contributed by atoms with Crippen LogP contribution in [-0.2, 0) is 11.8 Å². The standard InChI is InChI=1S/C22H26N4O3S/c1-14-12-22(2,3)26(17-9-8-15(28-5)11-16(14)17)19(27)13-30-21-24-23-20(25(21)4)18-7-6-10-29-18/h6-11,14H,12-13H2,1-5H3/t14-/m0/s1. The van der Waals surface area contributed by atoms with Gasteiger partial charge in [0.15, 0.2) is 16.7 Å². The van der Waals surface area contributed by atoms with Gasteiger partial charge >= 0.3 is 0 Å². The van der Waals surface area contributed by atoms with Gasteiger partial charge in [-0.25, -0.2) is 0 Å². The minimum absolute atomic E-state index is 0.0471. The SMILES string of the molecule is COc1ccc2c(c1)[C@@H](C)CC(C)(C)N2C(=O)CSc1nnc(-c2ccco2)n1C. The molecule has 1 aliphatic rings. The molecule has 0 spiro atoms. The Kier molecular flexibility index (Phi) is 5.36. The quantitative estimate of drug-likeness (QED) is 0.560. The highest BCUT2D eigenvalue weighted by atomic mass is 32.2. The molecule has 0 radical (unpaired) electrons. The predicted octanol–water partition coefficient (Wildman–Crippen LogP) is 4.49. The van der Waals surface area contributed by atoms with Crippen LogP contribution in [0.2, 0.25) is 0 Å². The lowest BCUT2D eigenvalue weighted by molar-refractivity contribution is -0.117. The van der Waals surface area contributed by atoms with Gasteiger partial charge in [0.1, 0.15) is 5.75 Å². The van der Waals surface area contributed by atoms with Crippen LogP contribution in [0, 0.1) is 0 Å². The van der Waals surface area contributed by atoms with Crippen molar-refractivity contribution in [3.63, 3.8) is 0 Å². The van der Waals surface area contributed by atoms with Gasteiger partial charge in [0.05, 0.1) is 19.1 Å². The fourth-order valence-corrected chi connectivity index (χ4v) is 5.02. The lowest BCUT2D eigenvalue weighted by Crippen LogP contribution is -2.52. The molecule has 0 saturated heterocycles. The van der Waals surface area contributed by atoms with E-state index in [2.05, 4.69) is 31.0 Å². The maximum absolute atomic E-state index is 13.4. The zero-order valence-corrected chi connectivity index (χ0v) is 18.7. The Hall–Kier alpha value is -2.74. The maximum atomic E-state index is 13.4. The molecule has 0 saturated carbocycles. The Labute approximate surface area is 180 Å². The molecule has 0 aliphatic carbocycles. The van der Waals surface area contributed by atoms with Crippen molar-refractivity contribution < 1.29 is 13.9 Å². The number of ether oxygens (including phenoxy) is 1. The molecule has 2 aromatic heterocycles. The number of anilines is 1. The van der Waals surface area contributed by atoms with E-state index in [1.807, 2.05) is 46.8 Å². The molecule has 1 atom stereocenters. The number of thioether (sulfide) groups is 1. The maximum Gasteiger partial charge on any atom is 0.237 e. The highest BCUT2D eigenvalue weighted by molar-refractivity contribution is 7.99. The molecule has 0 N–H and O–H groups in total.